The molecule has 3 nitrogen and oxygen atoms in total. The fraction of sp³-hybridized carbons (Fsp3) is 0. The molecule has 1 heterocycles. The number of rotatable bonds is 2. The number of halogens is 3. The van der Waals surface area contributed by atoms with E-state index in [1.807, 2.05) is 12.1 Å². The lowest BCUT2D eigenvalue weighted by Crippen LogP contribution is -2.01. The fourth-order valence-corrected chi connectivity index (χ4v) is 2.28. The molecule has 2 aromatic carbocycles. The van der Waals surface area contributed by atoms with Crippen LogP contribution in [0, 0.1) is 5.82 Å². The number of anilines is 1. The van der Waals surface area contributed by atoms with Crippen molar-refractivity contribution in [2.45, 2.75) is 0 Å². The van der Waals surface area contributed by atoms with Crippen LogP contribution in [0.15, 0.2) is 48.5 Å². The van der Waals surface area contributed by atoms with Gasteiger partial charge in [0, 0.05) is 16.7 Å². The van der Waals surface area contributed by atoms with Crippen LogP contribution in [0.1, 0.15) is 0 Å². The zero-order valence-electron chi connectivity index (χ0n) is 10.7. The largest absolute Gasteiger partial charge is 0.384 e. The second kappa shape index (κ2) is 5.39. The molecule has 0 aliphatic carbocycles. The van der Waals surface area contributed by atoms with Crippen molar-refractivity contribution >= 4 is 29.0 Å². The molecule has 106 valence electrons. The van der Waals surface area contributed by atoms with Crippen LogP contribution in [0.5, 0.6) is 0 Å². The number of aromatic nitrogens is 2. The van der Waals surface area contributed by atoms with Crippen LogP contribution in [-0.2, 0) is 0 Å². The maximum Gasteiger partial charge on any atom is 0.141 e. The summed E-state index contributed by atoms with van der Waals surface area (Å²) in [6.07, 6.45) is 0. The van der Waals surface area contributed by atoms with Crippen molar-refractivity contribution in [3.8, 4) is 16.9 Å². The maximum absolute atomic E-state index is 13.2. The van der Waals surface area contributed by atoms with Crippen LogP contribution in [-0.4, -0.2) is 9.78 Å². The molecule has 2 N–H and O–H groups in total. The quantitative estimate of drug-likeness (QED) is 0.751. The first-order valence-electron chi connectivity index (χ1n) is 6.11. The van der Waals surface area contributed by atoms with Crippen molar-refractivity contribution in [2.24, 2.45) is 0 Å². The molecule has 0 radical (unpaired) electrons. The third kappa shape index (κ3) is 2.73. The summed E-state index contributed by atoms with van der Waals surface area (Å²) in [5, 5.41) is 5.09. The Labute approximate surface area is 130 Å². The highest BCUT2D eigenvalue weighted by molar-refractivity contribution is 6.31. The summed E-state index contributed by atoms with van der Waals surface area (Å²) >= 11 is 11.6. The van der Waals surface area contributed by atoms with Gasteiger partial charge < -0.3 is 5.73 Å². The van der Waals surface area contributed by atoms with Gasteiger partial charge in [0.2, 0.25) is 0 Å². The number of benzene rings is 2. The molecule has 3 rings (SSSR count). The van der Waals surface area contributed by atoms with Gasteiger partial charge in [-0.2, -0.15) is 5.10 Å². The Kier molecular flexibility index (Phi) is 3.57. The van der Waals surface area contributed by atoms with E-state index < -0.39 is 5.82 Å². The van der Waals surface area contributed by atoms with Gasteiger partial charge in [0.05, 0.1) is 16.4 Å². The first-order valence-corrected chi connectivity index (χ1v) is 6.87. The van der Waals surface area contributed by atoms with E-state index in [2.05, 4.69) is 5.10 Å². The van der Waals surface area contributed by atoms with Crippen LogP contribution in [0.25, 0.3) is 16.9 Å². The van der Waals surface area contributed by atoms with E-state index in [0.717, 1.165) is 5.56 Å². The monoisotopic (exact) mass is 321 g/mol. The highest BCUT2D eigenvalue weighted by Crippen LogP contribution is 2.26. The fourth-order valence-electron chi connectivity index (χ4n) is 1.98. The molecule has 0 aliphatic heterocycles. The summed E-state index contributed by atoms with van der Waals surface area (Å²) in [5.41, 5.74) is 8.15. The molecule has 1 aromatic heterocycles. The second-order valence-electron chi connectivity index (χ2n) is 4.47. The molecule has 0 aliphatic rings. The van der Waals surface area contributed by atoms with Crippen molar-refractivity contribution in [3.05, 3.63) is 64.4 Å². The smallest absolute Gasteiger partial charge is 0.141 e. The number of nitrogen functional groups attached to an aromatic ring is 1. The van der Waals surface area contributed by atoms with E-state index >= 15 is 0 Å². The molecule has 0 saturated carbocycles. The van der Waals surface area contributed by atoms with Crippen molar-refractivity contribution in [3.63, 3.8) is 0 Å². The molecule has 3 aromatic rings. The van der Waals surface area contributed by atoms with Gasteiger partial charge in [0.25, 0.3) is 0 Å². The highest BCUT2D eigenvalue weighted by Gasteiger charge is 2.10. The average molecular weight is 322 g/mol. The molecule has 0 fully saturated rings. The molecular weight excluding hydrogens is 312 g/mol. The van der Waals surface area contributed by atoms with Crippen molar-refractivity contribution in [1.82, 2.24) is 9.78 Å². The van der Waals surface area contributed by atoms with Gasteiger partial charge in [0.15, 0.2) is 0 Å². The lowest BCUT2D eigenvalue weighted by atomic mass is 10.1. The topological polar surface area (TPSA) is 43.8 Å². The standard InChI is InChI=1S/C15H10Cl2FN3/c16-10-3-1-9(2-4-10)14-8-15(19)21(20-14)11-5-6-13(18)12(17)7-11/h1-8H,19H2. The van der Waals surface area contributed by atoms with Crippen LogP contribution in [0.3, 0.4) is 0 Å². The zero-order chi connectivity index (χ0) is 15.0. The third-order valence-corrected chi connectivity index (χ3v) is 3.57. The van der Waals surface area contributed by atoms with E-state index in [1.165, 1.54) is 16.8 Å². The minimum Gasteiger partial charge on any atom is -0.384 e. The predicted molar refractivity (Wildman–Crippen MR) is 83.4 cm³/mol. The predicted octanol–water partition coefficient (Wildman–Crippen LogP) is 4.57. The Hall–Kier alpha value is -2.04. The van der Waals surface area contributed by atoms with Gasteiger partial charge in [-0.05, 0) is 30.3 Å². The van der Waals surface area contributed by atoms with Gasteiger partial charge in [-0.25, -0.2) is 9.07 Å². The molecule has 0 spiro atoms. The number of nitrogens with zero attached hydrogens (tertiary/aromatic N) is 2. The summed E-state index contributed by atoms with van der Waals surface area (Å²) in [7, 11) is 0. The average Bonchev–Trinajstić information content (AvgIpc) is 2.85. The molecule has 0 amide bonds. The van der Waals surface area contributed by atoms with Crippen LogP contribution < -0.4 is 5.73 Å². The van der Waals surface area contributed by atoms with E-state index in [-0.39, 0.29) is 5.02 Å². The zero-order valence-corrected chi connectivity index (χ0v) is 12.2. The summed E-state index contributed by atoms with van der Waals surface area (Å²) < 4.78 is 14.7. The third-order valence-electron chi connectivity index (χ3n) is 3.02. The summed E-state index contributed by atoms with van der Waals surface area (Å²) in [5.74, 6) is -0.0494. The second-order valence-corrected chi connectivity index (χ2v) is 5.32. The van der Waals surface area contributed by atoms with Crippen LogP contribution in [0.2, 0.25) is 10.0 Å². The molecule has 0 atom stereocenters. The first-order chi connectivity index (χ1) is 10.0. The lowest BCUT2D eigenvalue weighted by molar-refractivity contribution is 0.627. The Bertz CT molecular complexity index is 797. The van der Waals surface area contributed by atoms with Crippen LogP contribution in [0.4, 0.5) is 10.2 Å². The van der Waals surface area contributed by atoms with Crippen molar-refractivity contribution < 1.29 is 4.39 Å². The number of nitrogens with two attached hydrogens (primary N) is 1. The molecule has 0 saturated heterocycles. The SMILES string of the molecule is Nc1cc(-c2ccc(Cl)cc2)nn1-c1ccc(F)c(Cl)c1. The van der Waals surface area contributed by atoms with Gasteiger partial charge in [-0.1, -0.05) is 35.3 Å². The van der Waals surface area contributed by atoms with E-state index in [9.17, 15) is 4.39 Å². The normalized spacial score (nSPS) is 10.8. The molecule has 0 unspecified atom stereocenters. The van der Waals surface area contributed by atoms with Gasteiger partial charge in [-0.3, -0.25) is 0 Å². The maximum atomic E-state index is 13.2. The molecular formula is C15H10Cl2FN3. The Morgan fingerprint density at radius 2 is 1.71 bits per heavy atom. The summed E-state index contributed by atoms with van der Waals surface area (Å²) in [4.78, 5) is 0. The Morgan fingerprint density at radius 1 is 1.00 bits per heavy atom. The first kappa shape index (κ1) is 13.9. The van der Waals surface area contributed by atoms with E-state index in [1.54, 1.807) is 24.3 Å². The van der Waals surface area contributed by atoms with Crippen molar-refractivity contribution in [2.75, 3.05) is 5.73 Å². The Morgan fingerprint density at radius 3 is 2.38 bits per heavy atom. The van der Waals surface area contributed by atoms with E-state index in [0.29, 0.717) is 22.2 Å². The van der Waals surface area contributed by atoms with Gasteiger partial charge >= 0.3 is 0 Å². The summed E-state index contributed by atoms with van der Waals surface area (Å²) in [6, 6.07) is 13.3. The number of hydrogen-bond donors (Lipinski definition) is 1. The van der Waals surface area contributed by atoms with Gasteiger partial charge in [-0.15, -0.1) is 0 Å². The Balaban J connectivity index is 2.05. The minimum absolute atomic E-state index is 0.0236. The molecule has 6 heteroatoms. The lowest BCUT2D eigenvalue weighted by Gasteiger charge is -2.04. The molecule has 21 heavy (non-hydrogen) atoms. The van der Waals surface area contributed by atoms with E-state index in [4.69, 9.17) is 28.9 Å². The van der Waals surface area contributed by atoms with Crippen molar-refractivity contribution in [1.29, 1.82) is 0 Å². The summed E-state index contributed by atoms with van der Waals surface area (Å²) in [6.45, 7) is 0. The molecule has 0 bridgehead atoms. The van der Waals surface area contributed by atoms with Gasteiger partial charge in [0.1, 0.15) is 11.6 Å². The highest BCUT2D eigenvalue weighted by atomic mass is 35.5. The van der Waals surface area contributed by atoms with Crippen LogP contribution >= 0.6 is 23.2 Å². The number of hydrogen-bond acceptors (Lipinski definition) is 2. The minimum atomic E-state index is -0.482.